The molecular weight excluding hydrogens is 425 g/mol. The van der Waals surface area contributed by atoms with E-state index in [1.165, 1.54) is 23.9 Å². The van der Waals surface area contributed by atoms with Gasteiger partial charge in [-0.3, -0.25) is 4.79 Å². The van der Waals surface area contributed by atoms with Crippen molar-refractivity contribution in [1.29, 1.82) is 10.5 Å². The number of hydrogen-bond donors (Lipinski definition) is 2. The lowest BCUT2D eigenvalue weighted by Gasteiger charge is -2.13. The summed E-state index contributed by atoms with van der Waals surface area (Å²) >= 11 is 1.19. The molecule has 160 valence electrons. The van der Waals surface area contributed by atoms with Crippen LogP contribution in [0.25, 0.3) is 11.1 Å². The second-order valence-electron chi connectivity index (χ2n) is 6.83. The van der Waals surface area contributed by atoms with Gasteiger partial charge in [-0.05, 0) is 29.7 Å². The average molecular weight is 446 g/mol. The van der Waals surface area contributed by atoms with Crippen LogP contribution in [0, 0.1) is 28.5 Å². The maximum absolute atomic E-state index is 13.7. The van der Waals surface area contributed by atoms with Gasteiger partial charge in [-0.25, -0.2) is 9.37 Å². The van der Waals surface area contributed by atoms with Gasteiger partial charge in [-0.15, -0.1) is 11.8 Å². The highest BCUT2D eigenvalue weighted by Crippen LogP contribution is 2.36. The number of anilines is 2. The predicted molar refractivity (Wildman–Crippen MR) is 123 cm³/mol. The van der Waals surface area contributed by atoms with Crippen molar-refractivity contribution in [1.82, 2.24) is 4.98 Å². The van der Waals surface area contributed by atoms with E-state index >= 15 is 0 Å². The topological polar surface area (TPSA) is 116 Å². The Hall–Kier alpha value is -3.88. The van der Waals surface area contributed by atoms with E-state index < -0.39 is 5.82 Å². The van der Waals surface area contributed by atoms with Crippen molar-refractivity contribution in [3.8, 4) is 23.3 Å². The summed E-state index contributed by atoms with van der Waals surface area (Å²) in [5, 5.41) is 22.3. The summed E-state index contributed by atoms with van der Waals surface area (Å²) in [5.41, 5.74) is 8.77. The number of nitrogens with zero attached hydrogens (tertiary/aromatic N) is 3. The minimum Gasteiger partial charge on any atom is -0.383 e. The van der Waals surface area contributed by atoms with Gasteiger partial charge in [0.25, 0.3) is 0 Å². The number of nitrogens with one attached hydrogen (secondary N) is 1. The summed E-state index contributed by atoms with van der Waals surface area (Å²) in [7, 11) is 0. The summed E-state index contributed by atoms with van der Waals surface area (Å²) in [6.45, 7) is 2.04. The molecule has 6 nitrogen and oxygen atoms in total. The maximum Gasteiger partial charge on any atom is 0.225 e. The first kappa shape index (κ1) is 22.8. The van der Waals surface area contributed by atoms with E-state index in [4.69, 9.17) is 5.73 Å². The Morgan fingerprint density at radius 3 is 2.44 bits per heavy atom. The Bertz CT molecular complexity index is 1230. The molecule has 1 aromatic heterocycles. The van der Waals surface area contributed by atoms with Crippen LogP contribution in [0.3, 0.4) is 0 Å². The SMILES string of the molecule is CCc1ccc(-c2c(C#N)c(N)nc(SCCC(=O)Nc3ccccc3F)c2C#N)cc1. The molecule has 1 amide bonds. The van der Waals surface area contributed by atoms with E-state index in [0.717, 1.165) is 12.0 Å². The number of nitrogen functional groups attached to an aromatic ring is 1. The van der Waals surface area contributed by atoms with Crippen molar-refractivity contribution >= 4 is 29.2 Å². The van der Waals surface area contributed by atoms with Crippen LogP contribution in [0.2, 0.25) is 0 Å². The molecule has 0 fully saturated rings. The fourth-order valence-corrected chi connectivity index (χ4v) is 4.05. The van der Waals surface area contributed by atoms with Crippen molar-refractivity contribution in [2.75, 3.05) is 16.8 Å². The van der Waals surface area contributed by atoms with Gasteiger partial charge >= 0.3 is 0 Å². The van der Waals surface area contributed by atoms with Gasteiger partial charge in [-0.2, -0.15) is 10.5 Å². The first-order chi connectivity index (χ1) is 15.5. The largest absolute Gasteiger partial charge is 0.383 e. The summed E-state index contributed by atoms with van der Waals surface area (Å²) < 4.78 is 13.7. The third kappa shape index (κ3) is 5.05. The van der Waals surface area contributed by atoms with Crippen molar-refractivity contribution in [2.24, 2.45) is 0 Å². The van der Waals surface area contributed by atoms with Crippen LogP contribution < -0.4 is 11.1 Å². The number of halogens is 1. The zero-order valence-corrected chi connectivity index (χ0v) is 18.2. The maximum atomic E-state index is 13.7. The van der Waals surface area contributed by atoms with Gasteiger partial charge in [0.05, 0.1) is 11.3 Å². The van der Waals surface area contributed by atoms with E-state index in [1.54, 1.807) is 12.1 Å². The second-order valence-corrected chi connectivity index (χ2v) is 7.91. The first-order valence-electron chi connectivity index (χ1n) is 9.88. The number of aromatic nitrogens is 1. The number of benzene rings is 2. The zero-order valence-electron chi connectivity index (χ0n) is 17.4. The number of rotatable bonds is 7. The van der Waals surface area contributed by atoms with E-state index in [-0.39, 0.29) is 35.0 Å². The van der Waals surface area contributed by atoms with Crippen LogP contribution in [0.1, 0.15) is 30.0 Å². The summed E-state index contributed by atoms with van der Waals surface area (Å²) in [6.07, 6.45) is 0.941. The van der Waals surface area contributed by atoms with Crippen molar-refractivity contribution in [2.45, 2.75) is 24.8 Å². The fraction of sp³-hybridized carbons (Fsp3) is 0.167. The van der Waals surface area contributed by atoms with E-state index in [9.17, 15) is 19.7 Å². The minimum absolute atomic E-state index is 0.0272. The molecule has 0 aliphatic heterocycles. The highest BCUT2D eigenvalue weighted by Gasteiger charge is 2.20. The number of aryl methyl sites for hydroxylation is 1. The summed E-state index contributed by atoms with van der Waals surface area (Å²) in [4.78, 5) is 16.4. The molecule has 0 unspecified atom stereocenters. The lowest BCUT2D eigenvalue weighted by molar-refractivity contribution is -0.115. The number of para-hydroxylation sites is 1. The number of pyridine rings is 1. The van der Waals surface area contributed by atoms with Gasteiger partial charge < -0.3 is 11.1 Å². The van der Waals surface area contributed by atoms with Crippen molar-refractivity contribution in [3.05, 3.63) is 71.0 Å². The third-order valence-electron chi connectivity index (χ3n) is 4.78. The van der Waals surface area contributed by atoms with Gasteiger partial charge in [0.2, 0.25) is 5.91 Å². The average Bonchev–Trinajstić information content (AvgIpc) is 2.80. The number of hydrogen-bond acceptors (Lipinski definition) is 6. The van der Waals surface area contributed by atoms with Crippen LogP contribution in [0.4, 0.5) is 15.9 Å². The van der Waals surface area contributed by atoms with Crippen LogP contribution >= 0.6 is 11.8 Å². The molecule has 3 rings (SSSR count). The van der Waals surface area contributed by atoms with E-state index in [1.807, 2.05) is 31.2 Å². The molecule has 32 heavy (non-hydrogen) atoms. The lowest BCUT2D eigenvalue weighted by Crippen LogP contribution is -2.13. The number of thioether (sulfide) groups is 1. The molecule has 0 bridgehead atoms. The van der Waals surface area contributed by atoms with Crippen LogP contribution in [-0.2, 0) is 11.2 Å². The molecule has 0 aliphatic carbocycles. The molecule has 0 saturated carbocycles. The Morgan fingerprint density at radius 2 is 1.81 bits per heavy atom. The normalized spacial score (nSPS) is 10.2. The van der Waals surface area contributed by atoms with Crippen molar-refractivity contribution < 1.29 is 9.18 Å². The monoisotopic (exact) mass is 445 g/mol. The molecule has 0 atom stereocenters. The Balaban J connectivity index is 1.83. The molecule has 0 saturated heterocycles. The van der Waals surface area contributed by atoms with Gasteiger partial charge in [0.1, 0.15) is 34.4 Å². The number of carbonyl (C=O) groups excluding carboxylic acids is 1. The van der Waals surface area contributed by atoms with Crippen molar-refractivity contribution in [3.63, 3.8) is 0 Å². The number of carbonyl (C=O) groups is 1. The Kier molecular flexibility index (Phi) is 7.43. The first-order valence-corrected chi connectivity index (χ1v) is 10.9. The molecule has 2 aromatic carbocycles. The van der Waals surface area contributed by atoms with Gasteiger partial charge in [-0.1, -0.05) is 43.3 Å². The predicted octanol–water partition coefficient (Wildman–Crippen LogP) is 4.90. The molecular formula is C24H20FN5OS. The quantitative estimate of drug-likeness (QED) is 0.500. The third-order valence-corrected chi connectivity index (χ3v) is 5.76. The molecule has 1 heterocycles. The second kappa shape index (κ2) is 10.4. The standard InChI is InChI=1S/C24H20FN5OS/c1-2-15-7-9-16(10-8-15)22-17(13-26)23(28)30-24(18(22)14-27)32-12-11-21(31)29-20-6-4-3-5-19(20)25/h3-10H,2,11-12H2,1H3,(H2,28,30)(H,29,31). The summed E-state index contributed by atoms with van der Waals surface area (Å²) in [6, 6.07) is 17.7. The molecule has 0 radical (unpaired) electrons. The Labute approximate surface area is 189 Å². The highest BCUT2D eigenvalue weighted by atomic mass is 32.2. The van der Waals surface area contributed by atoms with Crippen LogP contribution in [-0.4, -0.2) is 16.6 Å². The molecule has 3 aromatic rings. The summed E-state index contributed by atoms with van der Waals surface area (Å²) in [5.74, 6) is -0.556. The van der Waals surface area contributed by atoms with Gasteiger partial charge in [0, 0.05) is 17.7 Å². The van der Waals surface area contributed by atoms with Crippen LogP contribution in [0.15, 0.2) is 53.6 Å². The Morgan fingerprint density at radius 1 is 1.12 bits per heavy atom. The van der Waals surface area contributed by atoms with Gasteiger partial charge in [0.15, 0.2) is 0 Å². The fourth-order valence-electron chi connectivity index (χ4n) is 3.11. The minimum atomic E-state index is -0.513. The molecule has 0 spiro atoms. The molecule has 3 N–H and O–H groups in total. The van der Waals surface area contributed by atoms with E-state index in [0.29, 0.717) is 21.9 Å². The number of amides is 1. The number of nitriles is 2. The molecule has 8 heteroatoms. The number of nitrogens with two attached hydrogens (primary N) is 1. The van der Waals surface area contributed by atoms with E-state index in [2.05, 4.69) is 22.4 Å². The zero-order chi connectivity index (χ0) is 23.1. The highest BCUT2D eigenvalue weighted by molar-refractivity contribution is 7.99. The van der Waals surface area contributed by atoms with Crippen LogP contribution in [0.5, 0.6) is 0 Å². The molecule has 0 aliphatic rings. The lowest BCUT2D eigenvalue weighted by atomic mass is 9.96. The smallest absolute Gasteiger partial charge is 0.225 e.